The normalized spacial score (nSPS) is 22.2. The molecule has 0 aliphatic carbocycles. The average molecular weight is 428 g/mol. The van der Waals surface area contributed by atoms with Gasteiger partial charge in [-0.05, 0) is 42.0 Å². The number of fused-ring (bicyclic) bond motifs is 1. The summed E-state index contributed by atoms with van der Waals surface area (Å²) in [6.07, 6.45) is 0.226. The molecule has 0 saturated carbocycles. The molecular formula is C22H22ClN3O4. The molecule has 2 fully saturated rings. The van der Waals surface area contributed by atoms with Gasteiger partial charge in [0.2, 0.25) is 12.7 Å². The highest BCUT2D eigenvalue weighted by atomic mass is 35.5. The summed E-state index contributed by atoms with van der Waals surface area (Å²) in [6.45, 7) is 4.28. The van der Waals surface area contributed by atoms with Gasteiger partial charge in [0.1, 0.15) is 0 Å². The zero-order valence-electron chi connectivity index (χ0n) is 16.4. The lowest BCUT2D eigenvalue weighted by Crippen LogP contribution is -2.52. The molecule has 0 N–H and O–H groups in total. The third-order valence-electron chi connectivity index (χ3n) is 5.90. The largest absolute Gasteiger partial charge is 0.454 e. The van der Waals surface area contributed by atoms with E-state index in [1.165, 1.54) is 10.5 Å². The van der Waals surface area contributed by atoms with E-state index in [2.05, 4.69) is 15.9 Å². The standard InChI is InChI=1S/C22H22ClN3O4/c23-16-2-4-17(5-3-16)26-21(27)12-18(22(26)28)25-9-7-24(8-10-25)13-15-1-6-19-20(11-15)30-14-29-19/h1-6,11,18H,7-10,12-14H2. The molecule has 3 aliphatic heterocycles. The maximum absolute atomic E-state index is 13.0. The minimum absolute atomic E-state index is 0.147. The van der Waals surface area contributed by atoms with Crippen molar-refractivity contribution in [3.05, 3.63) is 53.1 Å². The van der Waals surface area contributed by atoms with E-state index >= 15 is 0 Å². The summed E-state index contributed by atoms with van der Waals surface area (Å²) in [5, 5.41) is 0.577. The molecule has 3 aliphatic rings. The molecule has 0 spiro atoms. The van der Waals surface area contributed by atoms with Gasteiger partial charge in [-0.1, -0.05) is 17.7 Å². The maximum Gasteiger partial charge on any atom is 0.251 e. The zero-order chi connectivity index (χ0) is 20.7. The maximum atomic E-state index is 13.0. The average Bonchev–Trinajstić information content (AvgIpc) is 3.33. The first-order valence-corrected chi connectivity index (χ1v) is 10.4. The van der Waals surface area contributed by atoms with Crippen molar-refractivity contribution < 1.29 is 19.1 Å². The number of ether oxygens (including phenoxy) is 2. The fourth-order valence-corrected chi connectivity index (χ4v) is 4.42. The summed E-state index contributed by atoms with van der Waals surface area (Å²) in [5.74, 6) is 1.28. The van der Waals surface area contributed by atoms with E-state index in [0.717, 1.165) is 44.2 Å². The van der Waals surface area contributed by atoms with Crippen molar-refractivity contribution in [3.63, 3.8) is 0 Å². The van der Waals surface area contributed by atoms with E-state index < -0.39 is 0 Å². The summed E-state index contributed by atoms with van der Waals surface area (Å²) < 4.78 is 10.8. The van der Waals surface area contributed by atoms with Crippen molar-refractivity contribution in [2.24, 2.45) is 0 Å². The van der Waals surface area contributed by atoms with Crippen LogP contribution < -0.4 is 14.4 Å². The number of amides is 2. The summed E-state index contributed by atoms with van der Waals surface area (Å²) in [4.78, 5) is 31.3. The highest BCUT2D eigenvalue weighted by Gasteiger charge is 2.43. The Morgan fingerprint density at radius 1 is 0.933 bits per heavy atom. The molecule has 1 unspecified atom stereocenters. The first-order valence-electron chi connectivity index (χ1n) is 10.1. The van der Waals surface area contributed by atoms with Crippen LogP contribution in [0.1, 0.15) is 12.0 Å². The number of piperazine rings is 1. The third-order valence-corrected chi connectivity index (χ3v) is 6.15. The van der Waals surface area contributed by atoms with Crippen molar-refractivity contribution in [2.45, 2.75) is 19.0 Å². The van der Waals surface area contributed by atoms with Crippen LogP contribution in [0.5, 0.6) is 11.5 Å². The van der Waals surface area contributed by atoms with Gasteiger partial charge in [0.15, 0.2) is 11.5 Å². The Labute approximate surface area is 179 Å². The van der Waals surface area contributed by atoms with Gasteiger partial charge in [-0.3, -0.25) is 19.4 Å². The summed E-state index contributed by atoms with van der Waals surface area (Å²) in [7, 11) is 0. The van der Waals surface area contributed by atoms with Gasteiger partial charge < -0.3 is 9.47 Å². The second-order valence-corrected chi connectivity index (χ2v) is 8.20. The number of halogens is 1. The van der Waals surface area contributed by atoms with Crippen LogP contribution in [0.2, 0.25) is 5.02 Å². The van der Waals surface area contributed by atoms with E-state index in [0.29, 0.717) is 10.7 Å². The highest BCUT2D eigenvalue weighted by molar-refractivity contribution is 6.30. The number of carbonyl (C=O) groups is 2. The number of hydrogen-bond acceptors (Lipinski definition) is 6. The SMILES string of the molecule is O=C1CC(N2CCN(Cc3ccc4c(c3)OCO4)CC2)C(=O)N1c1ccc(Cl)cc1. The predicted molar refractivity (Wildman–Crippen MR) is 112 cm³/mol. The molecule has 1 atom stereocenters. The van der Waals surface area contributed by atoms with Crippen molar-refractivity contribution in [3.8, 4) is 11.5 Å². The van der Waals surface area contributed by atoms with E-state index in [-0.39, 0.29) is 31.1 Å². The van der Waals surface area contributed by atoms with Crippen LogP contribution in [0.25, 0.3) is 0 Å². The van der Waals surface area contributed by atoms with Crippen LogP contribution in [0.3, 0.4) is 0 Å². The molecule has 2 amide bonds. The number of imide groups is 1. The molecule has 0 bridgehead atoms. The molecule has 0 aromatic heterocycles. The smallest absolute Gasteiger partial charge is 0.251 e. The second-order valence-electron chi connectivity index (χ2n) is 7.76. The van der Waals surface area contributed by atoms with Gasteiger partial charge in [0.25, 0.3) is 5.91 Å². The van der Waals surface area contributed by atoms with Crippen LogP contribution in [0.4, 0.5) is 5.69 Å². The number of rotatable bonds is 4. The van der Waals surface area contributed by atoms with Gasteiger partial charge in [-0.2, -0.15) is 0 Å². The lowest BCUT2D eigenvalue weighted by atomic mass is 10.1. The van der Waals surface area contributed by atoms with Gasteiger partial charge in [-0.25, -0.2) is 4.90 Å². The monoisotopic (exact) mass is 427 g/mol. The van der Waals surface area contributed by atoms with Gasteiger partial charge in [0, 0.05) is 37.7 Å². The number of nitrogens with zero attached hydrogens (tertiary/aromatic N) is 3. The molecule has 156 valence electrons. The Kier molecular flexibility index (Phi) is 5.10. The topological polar surface area (TPSA) is 62.3 Å². The molecular weight excluding hydrogens is 406 g/mol. The van der Waals surface area contributed by atoms with Crippen molar-refractivity contribution >= 4 is 29.1 Å². The summed E-state index contributed by atoms with van der Waals surface area (Å²) in [5.41, 5.74) is 1.76. The Morgan fingerprint density at radius 3 is 2.43 bits per heavy atom. The van der Waals surface area contributed by atoms with Crippen LogP contribution >= 0.6 is 11.6 Å². The predicted octanol–water partition coefficient (Wildman–Crippen LogP) is 2.52. The van der Waals surface area contributed by atoms with Crippen molar-refractivity contribution in [1.29, 1.82) is 0 Å². The van der Waals surface area contributed by atoms with E-state index in [4.69, 9.17) is 21.1 Å². The molecule has 30 heavy (non-hydrogen) atoms. The molecule has 7 nitrogen and oxygen atoms in total. The Morgan fingerprint density at radius 2 is 1.67 bits per heavy atom. The number of anilines is 1. The fraction of sp³-hybridized carbons (Fsp3) is 0.364. The van der Waals surface area contributed by atoms with Crippen LogP contribution in [0.15, 0.2) is 42.5 Å². The fourth-order valence-electron chi connectivity index (χ4n) is 4.29. The second kappa shape index (κ2) is 7.91. The van der Waals surface area contributed by atoms with Gasteiger partial charge >= 0.3 is 0 Å². The first-order chi connectivity index (χ1) is 14.6. The third kappa shape index (κ3) is 3.64. The zero-order valence-corrected chi connectivity index (χ0v) is 17.2. The van der Waals surface area contributed by atoms with Crippen LogP contribution in [-0.2, 0) is 16.1 Å². The molecule has 2 aromatic rings. The molecule has 2 saturated heterocycles. The first kappa shape index (κ1) is 19.4. The van der Waals surface area contributed by atoms with E-state index in [1.807, 2.05) is 12.1 Å². The lowest BCUT2D eigenvalue weighted by Gasteiger charge is -2.37. The molecule has 3 heterocycles. The molecule has 5 rings (SSSR count). The van der Waals surface area contributed by atoms with Gasteiger partial charge in [0.05, 0.1) is 18.2 Å². The van der Waals surface area contributed by atoms with E-state index in [1.54, 1.807) is 24.3 Å². The lowest BCUT2D eigenvalue weighted by molar-refractivity contribution is -0.123. The van der Waals surface area contributed by atoms with Crippen LogP contribution in [0, 0.1) is 0 Å². The van der Waals surface area contributed by atoms with Gasteiger partial charge in [-0.15, -0.1) is 0 Å². The number of hydrogen-bond donors (Lipinski definition) is 0. The molecule has 2 aromatic carbocycles. The van der Waals surface area contributed by atoms with Crippen molar-refractivity contribution in [2.75, 3.05) is 37.9 Å². The molecule has 0 radical (unpaired) electrons. The summed E-state index contributed by atoms with van der Waals surface area (Å²) >= 11 is 5.93. The van der Waals surface area contributed by atoms with Crippen LogP contribution in [-0.4, -0.2) is 60.6 Å². The summed E-state index contributed by atoms with van der Waals surface area (Å²) in [6, 6.07) is 12.5. The Hall–Kier alpha value is -2.61. The quantitative estimate of drug-likeness (QED) is 0.699. The highest BCUT2D eigenvalue weighted by Crippen LogP contribution is 2.33. The van der Waals surface area contributed by atoms with Crippen molar-refractivity contribution in [1.82, 2.24) is 9.80 Å². The minimum Gasteiger partial charge on any atom is -0.454 e. The minimum atomic E-state index is -0.388. The Bertz CT molecular complexity index is 973. The number of carbonyl (C=O) groups excluding carboxylic acids is 2. The Balaban J connectivity index is 1.20. The van der Waals surface area contributed by atoms with E-state index in [9.17, 15) is 9.59 Å². The number of benzene rings is 2. The molecule has 8 heteroatoms.